The number of nitrogens with zero attached hydrogens (tertiary/aromatic N) is 1. The summed E-state index contributed by atoms with van der Waals surface area (Å²) in [5.41, 5.74) is 1.12. The highest BCUT2D eigenvalue weighted by molar-refractivity contribution is 9.10. The summed E-state index contributed by atoms with van der Waals surface area (Å²) < 4.78 is 6.19. The predicted octanol–water partition coefficient (Wildman–Crippen LogP) is 3.86. The van der Waals surface area contributed by atoms with E-state index in [4.69, 9.17) is 4.74 Å². The quantitative estimate of drug-likeness (QED) is 0.784. The lowest BCUT2D eigenvalue weighted by Gasteiger charge is -2.29. The molecule has 1 aromatic rings. The minimum atomic E-state index is -0.664. The zero-order valence-corrected chi connectivity index (χ0v) is 14.0. The first kappa shape index (κ1) is 16.7. The van der Waals surface area contributed by atoms with Crippen LogP contribution in [0.5, 0.6) is 0 Å². The second-order valence-corrected chi connectivity index (χ2v) is 6.48. The highest BCUT2D eigenvalue weighted by atomic mass is 79.9. The van der Waals surface area contributed by atoms with Gasteiger partial charge < -0.3 is 9.53 Å². The summed E-state index contributed by atoms with van der Waals surface area (Å²) >= 11 is 3.43. The summed E-state index contributed by atoms with van der Waals surface area (Å²) in [4.78, 5) is 24.8. The maximum absolute atomic E-state index is 12.1. The Morgan fingerprint density at radius 2 is 2.00 bits per heavy atom. The van der Waals surface area contributed by atoms with E-state index >= 15 is 0 Å². The van der Waals surface area contributed by atoms with Crippen molar-refractivity contribution in [3.8, 4) is 0 Å². The van der Waals surface area contributed by atoms with Gasteiger partial charge in [0.05, 0.1) is 0 Å². The summed E-state index contributed by atoms with van der Waals surface area (Å²) in [5, 5.41) is 0. The summed E-state index contributed by atoms with van der Waals surface area (Å²) in [6.07, 6.45) is 0.229. The topological polar surface area (TPSA) is 46.6 Å². The molecule has 0 aromatic heterocycles. The second kappa shape index (κ2) is 6.39. The number of amides is 1. The molecule has 0 bridgehead atoms. The molecule has 5 heteroatoms. The molecule has 0 spiro atoms. The maximum atomic E-state index is 12.1. The Kier molecular flexibility index (Phi) is 5.34. The number of carbonyl (C=O) groups is 2. The first-order valence-electron chi connectivity index (χ1n) is 6.33. The van der Waals surface area contributed by atoms with Crippen molar-refractivity contribution >= 4 is 28.3 Å². The maximum Gasteiger partial charge on any atom is 0.410 e. The summed E-state index contributed by atoms with van der Waals surface area (Å²) in [7, 11) is 1.56. The van der Waals surface area contributed by atoms with Crippen LogP contribution in [0.2, 0.25) is 0 Å². The first-order chi connectivity index (χ1) is 9.17. The van der Waals surface area contributed by atoms with E-state index in [0.29, 0.717) is 0 Å². The van der Waals surface area contributed by atoms with E-state index in [0.717, 1.165) is 21.9 Å². The number of hydrogen-bond donors (Lipinski definition) is 0. The molecule has 110 valence electrons. The van der Waals surface area contributed by atoms with E-state index in [1.165, 1.54) is 4.90 Å². The van der Waals surface area contributed by atoms with Crippen LogP contribution in [0.3, 0.4) is 0 Å². The fourth-order valence-corrected chi connectivity index (χ4v) is 2.15. The van der Waals surface area contributed by atoms with Crippen LogP contribution in [0.1, 0.15) is 37.9 Å². The van der Waals surface area contributed by atoms with Crippen molar-refractivity contribution in [1.82, 2.24) is 4.90 Å². The molecule has 0 saturated heterocycles. The normalized spacial score (nSPS) is 12.7. The number of hydrogen-bond acceptors (Lipinski definition) is 3. The molecule has 0 N–H and O–H groups in total. The van der Waals surface area contributed by atoms with E-state index in [1.807, 2.05) is 25.1 Å². The minimum Gasteiger partial charge on any atom is -0.444 e. The van der Waals surface area contributed by atoms with Crippen molar-refractivity contribution in [3.63, 3.8) is 0 Å². The van der Waals surface area contributed by atoms with Crippen molar-refractivity contribution in [2.24, 2.45) is 0 Å². The van der Waals surface area contributed by atoms with Crippen LogP contribution in [-0.2, 0) is 9.53 Å². The third-order valence-corrected chi connectivity index (χ3v) is 3.71. The Morgan fingerprint density at radius 1 is 1.40 bits per heavy atom. The largest absolute Gasteiger partial charge is 0.444 e. The zero-order valence-electron chi connectivity index (χ0n) is 12.4. The van der Waals surface area contributed by atoms with Gasteiger partial charge in [-0.05, 0) is 44.9 Å². The molecular weight excluding hydrogens is 322 g/mol. The lowest BCUT2D eigenvalue weighted by molar-refractivity contribution is -0.112. The monoisotopic (exact) mass is 341 g/mol. The van der Waals surface area contributed by atoms with Crippen molar-refractivity contribution in [2.45, 2.75) is 39.3 Å². The first-order valence-corrected chi connectivity index (χ1v) is 7.13. The molecule has 0 fully saturated rings. The van der Waals surface area contributed by atoms with Crippen molar-refractivity contribution in [3.05, 3.63) is 33.8 Å². The molecule has 1 unspecified atom stereocenters. The third-order valence-electron chi connectivity index (χ3n) is 2.86. The molecule has 1 rings (SSSR count). The van der Waals surface area contributed by atoms with Gasteiger partial charge in [-0.3, -0.25) is 4.90 Å². The zero-order chi connectivity index (χ0) is 15.5. The fraction of sp³-hybridized carbons (Fsp3) is 0.467. The highest BCUT2D eigenvalue weighted by Gasteiger charge is 2.27. The van der Waals surface area contributed by atoms with Crippen molar-refractivity contribution in [2.75, 3.05) is 7.05 Å². The Bertz CT molecular complexity index is 508. The number of ether oxygens (including phenoxy) is 1. The molecule has 4 nitrogen and oxygen atoms in total. The van der Waals surface area contributed by atoms with E-state index in [9.17, 15) is 9.59 Å². The minimum absolute atomic E-state index is 0.519. The molecule has 0 heterocycles. The molecule has 0 aliphatic heterocycles. The van der Waals surface area contributed by atoms with E-state index in [-0.39, 0.29) is 0 Å². The van der Waals surface area contributed by atoms with Gasteiger partial charge >= 0.3 is 6.09 Å². The lowest BCUT2D eigenvalue weighted by Crippen LogP contribution is -2.37. The van der Waals surface area contributed by atoms with Crippen LogP contribution < -0.4 is 0 Å². The van der Waals surface area contributed by atoms with Crippen LogP contribution in [0.25, 0.3) is 0 Å². The molecule has 0 radical (unpaired) electrons. The lowest BCUT2D eigenvalue weighted by atomic mass is 10.0. The summed E-state index contributed by atoms with van der Waals surface area (Å²) in [5.74, 6) is 0. The average Bonchev–Trinajstić information content (AvgIpc) is 2.33. The van der Waals surface area contributed by atoms with Gasteiger partial charge in [0.2, 0.25) is 0 Å². The summed E-state index contributed by atoms with van der Waals surface area (Å²) in [6.45, 7) is 7.27. The number of benzene rings is 1. The Balaban J connectivity index is 3.04. The SMILES string of the molecule is Cc1c(Br)cccc1C(C=O)N(C)C(=O)OC(C)(C)C. The number of likely N-dealkylation sites (N-methyl/N-ethyl adjacent to an activating group) is 1. The number of carbonyl (C=O) groups excluding carboxylic acids is 2. The van der Waals surface area contributed by atoms with Gasteiger partial charge in [0.15, 0.2) is 0 Å². The van der Waals surface area contributed by atoms with Crippen LogP contribution >= 0.6 is 15.9 Å². The van der Waals surface area contributed by atoms with E-state index in [2.05, 4.69) is 15.9 Å². The Labute approximate surface area is 128 Å². The number of aldehydes is 1. The molecule has 1 amide bonds. The molecule has 0 aliphatic rings. The highest BCUT2D eigenvalue weighted by Crippen LogP contribution is 2.27. The Hall–Kier alpha value is -1.36. The van der Waals surface area contributed by atoms with Gasteiger partial charge in [0.25, 0.3) is 0 Å². The molecular formula is C15H20BrNO3. The van der Waals surface area contributed by atoms with Gasteiger partial charge in [-0.15, -0.1) is 0 Å². The number of halogens is 1. The Morgan fingerprint density at radius 3 is 2.50 bits per heavy atom. The van der Waals surface area contributed by atoms with E-state index in [1.54, 1.807) is 27.8 Å². The molecule has 0 aliphatic carbocycles. The third kappa shape index (κ3) is 4.07. The van der Waals surface area contributed by atoms with Crippen LogP contribution in [0.15, 0.2) is 22.7 Å². The molecule has 0 saturated carbocycles. The van der Waals surface area contributed by atoms with Gasteiger partial charge in [0.1, 0.15) is 17.9 Å². The molecule has 1 aromatic carbocycles. The fourth-order valence-electron chi connectivity index (χ4n) is 1.77. The number of rotatable bonds is 3. The van der Waals surface area contributed by atoms with Crippen LogP contribution in [0.4, 0.5) is 4.79 Å². The van der Waals surface area contributed by atoms with Gasteiger partial charge in [-0.1, -0.05) is 28.1 Å². The predicted molar refractivity (Wildman–Crippen MR) is 81.7 cm³/mol. The van der Waals surface area contributed by atoms with Crippen molar-refractivity contribution < 1.29 is 14.3 Å². The summed E-state index contributed by atoms with van der Waals surface area (Å²) in [6, 6.07) is 4.91. The smallest absolute Gasteiger partial charge is 0.410 e. The van der Waals surface area contributed by atoms with E-state index < -0.39 is 17.7 Å². The van der Waals surface area contributed by atoms with Crippen molar-refractivity contribution in [1.29, 1.82) is 0 Å². The second-order valence-electron chi connectivity index (χ2n) is 5.63. The molecule has 20 heavy (non-hydrogen) atoms. The van der Waals surface area contributed by atoms with Crippen LogP contribution in [0, 0.1) is 6.92 Å². The van der Waals surface area contributed by atoms with Crippen LogP contribution in [-0.4, -0.2) is 29.9 Å². The molecule has 1 atom stereocenters. The van der Waals surface area contributed by atoms with Gasteiger partial charge in [-0.2, -0.15) is 0 Å². The van der Waals surface area contributed by atoms with Gasteiger partial charge in [-0.25, -0.2) is 4.79 Å². The van der Waals surface area contributed by atoms with Gasteiger partial charge in [0, 0.05) is 11.5 Å². The standard InChI is InChI=1S/C15H20BrNO3/c1-10-11(7-6-8-12(10)16)13(9-18)17(5)14(19)20-15(2,3)4/h6-9,13H,1-5H3. The average molecular weight is 342 g/mol.